The van der Waals surface area contributed by atoms with Gasteiger partial charge in [-0.2, -0.15) is 0 Å². The van der Waals surface area contributed by atoms with Crippen molar-refractivity contribution in [2.45, 2.75) is 58.7 Å². The minimum atomic E-state index is 0. The highest BCUT2D eigenvalue weighted by atomic mass is 127. The van der Waals surface area contributed by atoms with E-state index in [0.717, 1.165) is 51.7 Å². The number of ether oxygens (including phenoxy) is 1. The summed E-state index contributed by atoms with van der Waals surface area (Å²) in [4.78, 5) is 10.9. The van der Waals surface area contributed by atoms with Gasteiger partial charge in [0.1, 0.15) is 0 Å². The second-order valence-electron chi connectivity index (χ2n) is 7.88. The maximum absolute atomic E-state index is 5.75. The van der Waals surface area contributed by atoms with Crippen LogP contribution in [0.25, 0.3) is 0 Å². The molecule has 1 aliphatic heterocycles. The summed E-state index contributed by atoms with van der Waals surface area (Å²) in [5.41, 5.74) is 0. The van der Waals surface area contributed by atoms with Crippen molar-refractivity contribution in [3.63, 3.8) is 0 Å². The Labute approximate surface area is 204 Å². The van der Waals surface area contributed by atoms with Crippen molar-refractivity contribution in [3.8, 4) is 0 Å². The molecule has 0 saturated carbocycles. The quantitative estimate of drug-likeness (QED) is 0.249. The lowest BCUT2D eigenvalue weighted by Gasteiger charge is -2.37. The number of morpholine rings is 1. The number of guanidine groups is 1. The molecular formula is C22H42IN5OS. The van der Waals surface area contributed by atoms with Crippen LogP contribution in [-0.2, 0) is 4.74 Å². The predicted molar refractivity (Wildman–Crippen MR) is 140 cm³/mol. The second kappa shape index (κ2) is 15.4. The van der Waals surface area contributed by atoms with E-state index in [9.17, 15) is 0 Å². The van der Waals surface area contributed by atoms with Crippen LogP contribution in [0.15, 0.2) is 22.5 Å². The zero-order valence-electron chi connectivity index (χ0n) is 19.4. The maximum atomic E-state index is 5.75. The molecule has 6 nitrogen and oxygen atoms in total. The molecule has 0 aliphatic carbocycles. The molecule has 0 aromatic carbocycles. The Balaban J connectivity index is 0.00000450. The van der Waals surface area contributed by atoms with Crippen LogP contribution in [0.2, 0.25) is 0 Å². The largest absolute Gasteiger partial charge is 0.376 e. The molecule has 1 fully saturated rings. The van der Waals surface area contributed by atoms with E-state index >= 15 is 0 Å². The first kappa shape index (κ1) is 27.6. The molecule has 1 aliphatic rings. The van der Waals surface area contributed by atoms with Gasteiger partial charge in [-0.3, -0.25) is 9.89 Å². The summed E-state index contributed by atoms with van der Waals surface area (Å²) in [6, 6.07) is 5.13. The average molecular weight is 552 g/mol. The third-order valence-corrected chi connectivity index (χ3v) is 6.63. The molecule has 30 heavy (non-hydrogen) atoms. The van der Waals surface area contributed by atoms with Crippen molar-refractivity contribution < 1.29 is 4.74 Å². The van der Waals surface area contributed by atoms with E-state index in [1.54, 1.807) is 0 Å². The highest BCUT2D eigenvalue weighted by molar-refractivity contribution is 14.0. The molecule has 1 aromatic heterocycles. The summed E-state index contributed by atoms with van der Waals surface area (Å²) in [7, 11) is 1.86. The molecule has 3 unspecified atom stereocenters. The highest BCUT2D eigenvalue weighted by Gasteiger charge is 2.26. The second-order valence-corrected chi connectivity index (χ2v) is 8.85. The van der Waals surface area contributed by atoms with E-state index in [0.29, 0.717) is 12.1 Å². The number of aliphatic imine (C=N–C) groups is 1. The fourth-order valence-electron chi connectivity index (χ4n) is 3.87. The van der Waals surface area contributed by atoms with Crippen LogP contribution in [-0.4, -0.2) is 80.8 Å². The van der Waals surface area contributed by atoms with Gasteiger partial charge in [-0.25, -0.2) is 0 Å². The van der Waals surface area contributed by atoms with Crippen LogP contribution in [0, 0.1) is 0 Å². The summed E-state index contributed by atoms with van der Waals surface area (Å²) in [5.74, 6) is 0.892. The number of halogens is 1. The van der Waals surface area contributed by atoms with Gasteiger partial charge in [0, 0.05) is 37.6 Å². The first-order valence-electron chi connectivity index (χ1n) is 11.2. The number of thiophene rings is 1. The Morgan fingerprint density at radius 3 is 2.77 bits per heavy atom. The maximum Gasteiger partial charge on any atom is 0.191 e. The number of nitrogens with one attached hydrogen (secondary N) is 2. The van der Waals surface area contributed by atoms with E-state index < -0.39 is 0 Å². The van der Waals surface area contributed by atoms with Crippen molar-refractivity contribution in [1.29, 1.82) is 0 Å². The first-order valence-corrected chi connectivity index (χ1v) is 12.0. The van der Waals surface area contributed by atoms with Crippen LogP contribution >= 0.6 is 35.3 Å². The van der Waals surface area contributed by atoms with Crippen molar-refractivity contribution in [1.82, 2.24) is 20.4 Å². The molecule has 0 spiro atoms. The van der Waals surface area contributed by atoms with Gasteiger partial charge in [0.25, 0.3) is 0 Å². The van der Waals surface area contributed by atoms with Crippen LogP contribution in [0.1, 0.15) is 51.5 Å². The molecule has 2 rings (SSSR count). The summed E-state index contributed by atoms with van der Waals surface area (Å²) in [6.45, 7) is 15.9. The lowest BCUT2D eigenvalue weighted by atomic mass is 10.1. The van der Waals surface area contributed by atoms with Gasteiger partial charge in [-0.15, -0.1) is 35.3 Å². The summed E-state index contributed by atoms with van der Waals surface area (Å²) < 4.78 is 5.75. The molecule has 8 heteroatoms. The third kappa shape index (κ3) is 9.38. The monoisotopic (exact) mass is 551 g/mol. The van der Waals surface area contributed by atoms with Crippen molar-refractivity contribution in [3.05, 3.63) is 22.4 Å². The summed E-state index contributed by atoms with van der Waals surface area (Å²) in [5, 5.41) is 9.31. The minimum Gasteiger partial charge on any atom is -0.376 e. The van der Waals surface area contributed by atoms with E-state index in [1.165, 1.54) is 17.8 Å². The van der Waals surface area contributed by atoms with Crippen LogP contribution in [0.5, 0.6) is 0 Å². The van der Waals surface area contributed by atoms with Crippen LogP contribution in [0.3, 0.4) is 0 Å². The minimum absolute atomic E-state index is 0. The molecular weight excluding hydrogens is 509 g/mol. The van der Waals surface area contributed by atoms with Crippen LogP contribution < -0.4 is 10.6 Å². The van der Waals surface area contributed by atoms with Crippen molar-refractivity contribution >= 4 is 41.3 Å². The zero-order chi connectivity index (χ0) is 21.1. The SMILES string of the molecule is CCN(CC)CCCC(C)NC(=NC)NCC(c1cccs1)N1CCOC(C)C1.I. The molecule has 3 atom stereocenters. The number of rotatable bonds is 11. The molecule has 0 radical (unpaired) electrons. The van der Waals surface area contributed by atoms with E-state index in [-0.39, 0.29) is 30.1 Å². The number of hydrogen-bond donors (Lipinski definition) is 2. The highest BCUT2D eigenvalue weighted by Crippen LogP contribution is 2.26. The fraction of sp³-hybridized carbons (Fsp3) is 0.773. The normalized spacial score (nSPS) is 19.9. The fourth-order valence-corrected chi connectivity index (χ4v) is 4.73. The van der Waals surface area contributed by atoms with Crippen molar-refractivity contribution in [2.24, 2.45) is 4.99 Å². The molecule has 0 amide bonds. The standard InChI is InChI=1S/C22H41N5OS.HI/c1-6-26(7-2)12-8-10-18(3)25-22(23-5)24-16-20(21-11-9-15-29-21)27-13-14-28-19(4)17-27;/h9,11,15,18-20H,6-8,10,12-14,16-17H2,1-5H3,(H2,23,24,25);1H. The first-order chi connectivity index (χ1) is 14.1. The van der Waals surface area contributed by atoms with Crippen LogP contribution in [0.4, 0.5) is 0 Å². The van der Waals surface area contributed by atoms with Gasteiger partial charge in [0.05, 0.1) is 18.8 Å². The van der Waals surface area contributed by atoms with Gasteiger partial charge >= 0.3 is 0 Å². The molecule has 1 saturated heterocycles. The molecule has 1 aromatic rings. The van der Waals surface area contributed by atoms with Gasteiger partial charge < -0.3 is 20.3 Å². The molecule has 0 bridgehead atoms. The topological polar surface area (TPSA) is 52.1 Å². The van der Waals surface area contributed by atoms with Gasteiger partial charge in [0.15, 0.2) is 5.96 Å². The Morgan fingerprint density at radius 1 is 1.40 bits per heavy atom. The zero-order valence-corrected chi connectivity index (χ0v) is 22.5. The van der Waals surface area contributed by atoms with E-state index in [4.69, 9.17) is 4.74 Å². The Hall–Kier alpha value is -0.420. The molecule has 2 heterocycles. The lowest BCUT2D eigenvalue weighted by Crippen LogP contribution is -2.49. The number of nitrogens with zero attached hydrogens (tertiary/aromatic N) is 3. The molecule has 174 valence electrons. The Bertz CT molecular complexity index is 582. The molecule has 2 N–H and O–H groups in total. The van der Waals surface area contributed by atoms with E-state index in [2.05, 4.69) is 70.6 Å². The van der Waals surface area contributed by atoms with Crippen molar-refractivity contribution in [2.75, 3.05) is 52.9 Å². The van der Waals surface area contributed by atoms with Gasteiger partial charge in [-0.1, -0.05) is 19.9 Å². The Morgan fingerprint density at radius 2 is 2.17 bits per heavy atom. The van der Waals surface area contributed by atoms with Gasteiger partial charge in [0.2, 0.25) is 0 Å². The lowest BCUT2D eigenvalue weighted by molar-refractivity contribution is -0.0334. The predicted octanol–water partition coefficient (Wildman–Crippen LogP) is 3.80. The third-order valence-electron chi connectivity index (χ3n) is 5.66. The average Bonchev–Trinajstić information content (AvgIpc) is 3.25. The number of hydrogen-bond acceptors (Lipinski definition) is 5. The smallest absolute Gasteiger partial charge is 0.191 e. The Kier molecular flexibility index (Phi) is 14.2. The summed E-state index contributed by atoms with van der Waals surface area (Å²) >= 11 is 1.83. The van der Waals surface area contributed by atoms with E-state index in [1.807, 2.05) is 18.4 Å². The summed E-state index contributed by atoms with van der Waals surface area (Å²) in [6.07, 6.45) is 2.64. The van der Waals surface area contributed by atoms with Gasteiger partial charge in [-0.05, 0) is 57.8 Å².